The summed E-state index contributed by atoms with van der Waals surface area (Å²) in [7, 11) is 3.42. The lowest BCUT2D eigenvalue weighted by atomic mass is 9.54. The summed E-state index contributed by atoms with van der Waals surface area (Å²) in [5.74, 6) is -2.36. The van der Waals surface area contributed by atoms with Gasteiger partial charge in [0.25, 0.3) is 0 Å². The van der Waals surface area contributed by atoms with E-state index >= 15 is 0 Å². The molecule has 2 aliphatic rings. The van der Waals surface area contributed by atoms with Gasteiger partial charge in [0, 0.05) is 11.8 Å². The normalized spacial score (nSPS) is 28.7. The number of likely N-dealkylation sites (N-methyl/N-ethyl adjacent to an activating group) is 1. The minimum absolute atomic E-state index is 0.171. The molecule has 0 aromatic heterocycles. The number of rotatable bonds is 2. The van der Waals surface area contributed by atoms with Gasteiger partial charge in [-0.05, 0) is 35.4 Å². The Bertz CT molecular complexity index is 935. The molecule has 27 heavy (non-hydrogen) atoms. The Balaban J connectivity index is 2.31. The van der Waals surface area contributed by atoms with Crippen LogP contribution in [0.3, 0.4) is 0 Å². The molecular weight excluding hydrogens is 345 g/mol. The molecular formula is C20H19FN5O+. The molecule has 136 valence electrons. The van der Waals surface area contributed by atoms with Crippen molar-refractivity contribution in [1.29, 1.82) is 21.2 Å². The predicted octanol–water partition coefficient (Wildman–Crippen LogP) is 1.20. The number of methoxy groups -OCH3 is 1. The molecule has 1 aliphatic carbocycles. The van der Waals surface area contributed by atoms with Crippen molar-refractivity contribution in [2.45, 2.75) is 5.92 Å². The quantitative estimate of drug-likeness (QED) is 0.768. The highest BCUT2D eigenvalue weighted by molar-refractivity contribution is 6.00. The molecule has 1 fully saturated rings. The Hall–Kier alpha value is -3.21. The van der Waals surface area contributed by atoms with Gasteiger partial charge >= 0.3 is 0 Å². The average Bonchev–Trinajstić information content (AvgIpc) is 2.68. The van der Waals surface area contributed by atoms with E-state index in [1.54, 1.807) is 0 Å². The molecule has 0 saturated heterocycles. The summed E-state index contributed by atoms with van der Waals surface area (Å²) in [6.45, 7) is 1.22. The van der Waals surface area contributed by atoms with Gasteiger partial charge in [0.05, 0.1) is 51.2 Å². The van der Waals surface area contributed by atoms with Gasteiger partial charge in [0.2, 0.25) is 0 Å². The molecule has 3 rings (SSSR count). The first-order valence-corrected chi connectivity index (χ1v) is 8.59. The van der Waals surface area contributed by atoms with E-state index in [-0.39, 0.29) is 11.3 Å². The number of nitriles is 3. The number of hydrogen-bond acceptors (Lipinski definition) is 5. The number of fused-ring (bicyclic) bond motifs is 1. The third-order valence-electron chi connectivity index (χ3n) is 5.62. The van der Waals surface area contributed by atoms with Crippen LogP contribution in [0.2, 0.25) is 0 Å². The largest absolute Gasteiger partial charge is 0.497 e. The summed E-state index contributed by atoms with van der Waals surface area (Å²) in [5.41, 5.74) is -1.30. The van der Waals surface area contributed by atoms with Gasteiger partial charge in [-0.1, -0.05) is 0 Å². The average molecular weight is 364 g/mol. The highest BCUT2D eigenvalue weighted by Gasteiger charge is 2.59. The van der Waals surface area contributed by atoms with Crippen molar-refractivity contribution in [1.82, 2.24) is 0 Å². The van der Waals surface area contributed by atoms with Crippen LogP contribution in [0.4, 0.5) is 4.39 Å². The molecule has 2 N–H and O–H groups in total. The zero-order valence-corrected chi connectivity index (χ0v) is 15.1. The molecule has 6 nitrogen and oxygen atoms in total. The number of halogens is 1. The molecule has 0 bridgehead atoms. The fourth-order valence-electron chi connectivity index (χ4n) is 4.29. The smallest absolute Gasteiger partial charge is 0.190 e. The first kappa shape index (κ1) is 18.6. The van der Waals surface area contributed by atoms with Crippen molar-refractivity contribution in [3.8, 4) is 24.0 Å². The summed E-state index contributed by atoms with van der Waals surface area (Å²) in [4.78, 5) is 1.13. The van der Waals surface area contributed by atoms with Crippen LogP contribution in [0, 0.1) is 62.5 Å². The maximum atomic E-state index is 14.8. The third kappa shape index (κ3) is 2.67. The number of nitrogens with one attached hydrogen (secondary N) is 2. The lowest BCUT2D eigenvalue weighted by Gasteiger charge is -2.46. The van der Waals surface area contributed by atoms with Gasteiger partial charge in [-0.3, -0.25) is 0 Å². The standard InChI is InChI=1S/C20H18FN5O/c1-26-6-5-13-15(8-22)19(25)20(10-23,11-24)18(16(13)9-26)14-7-12(27-2)3-4-17(14)21/h3-5,7,15-16,18,25H,6,9H2,1-2H3/p+1/t15?,16-,18+/m0/s1. The first-order valence-electron chi connectivity index (χ1n) is 8.59. The SMILES string of the molecule is COc1ccc(F)c([C@@H]2[C@H]3C[NH+](C)CC=C3C(C#N)C(=N)C2(C#N)C#N)c1. The van der Waals surface area contributed by atoms with Crippen LogP contribution in [0.5, 0.6) is 5.75 Å². The van der Waals surface area contributed by atoms with Crippen LogP contribution >= 0.6 is 0 Å². The lowest BCUT2D eigenvalue weighted by Crippen LogP contribution is -3.10. The molecule has 1 saturated carbocycles. The van der Waals surface area contributed by atoms with Crippen molar-refractivity contribution in [3.63, 3.8) is 0 Å². The number of quaternary nitrogens is 1. The van der Waals surface area contributed by atoms with Crippen LogP contribution < -0.4 is 9.64 Å². The van der Waals surface area contributed by atoms with Crippen molar-refractivity contribution in [2.24, 2.45) is 17.3 Å². The van der Waals surface area contributed by atoms with E-state index < -0.39 is 29.0 Å². The van der Waals surface area contributed by atoms with Crippen molar-refractivity contribution in [2.75, 3.05) is 27.2 Å². The fraction of sp³-hybridized carbons (Fsp3) is 0.400. The summed E-state index contributed by atoms with van der Waals surface area (Å²) < 4.78 is 20.0. The second-order valence-corrected chi connectivity index (χ2v) is 7.05. The van der Waals surface area contributed by atoms with Gasteiger partial charge in [-0.2, -0.15) is 15.8 Å². The van der Waals surface area contributed by atoms with Gasteiger partial charge in [-0.15, -0.1) is 0 Å². The molecule has 7 heteroatoms. The maximum Gasteiger partial charge on any atom is 0.190 e. The van der Waals surface area contributed by atoms with Gasteiger partial charge in [-0.25, -0.2) is 4.39 Å². The van der Waals surface area contributed by atoms with Crippen molar-refractivity contribution >= 4 is 5.71 Å². The van der Waals surface area contributed by atoms with Gasteiger partial charge in [0.15, 0.2) is 5.41 Å². The van der Waals surface area contributed by atoms with E-state index in [1.807, 2.05) is 25.3 Å². The summed E-state index contributed by atoms with van der Waals surface area (Å²) >= 11 is 0. The molecule has 0 amide bonds. The van der Waals surface area contributed by atoms with E-state index in [0.717, 1.165) is 4.90 Å². The van der Waals surface area contributed by atoms with Crippen LogP contribution in [-0.2, 0) is 0 Å². The van der Waals surface area contributed by atoms with E-state index in [0.29, 0.717) is 24.4 Å². The number of ether oxygens (including phenoxy) is 1. The molecule has 2 unspecified atom stereocenters. The minimum Gasteiger partial charge on any atom is -0.497 e. The highest BCUT2D eigenvalue weighted by atomic mass is 19.1. The van der Waals surface area contributed by atoms with E-state index in [4.69, 9.17) is 10.1 Å². The van der Waals surface area contributed by atoms with Gasteiger partial charge < -0.3 is 15.0 Å². The Kier molecular flexibility index (Phi) is 4.70. The number of benzene rings is 1. The minimum atomic E-state index is -1.91. The zero-order valence-electron chi connectivity index (χ0n) is 15.1. The second-order valence-electron chi connectivity index (χ2n) is 7.05. The molecule has 1 aliphatic heterocycles. The molecule has 1 aromatic rings. The summed E-state index contributed by atoms with van der Waals surface area (Å²) in [6, 6.07) is 10.2. The maximum absolute atomic E-state index is 14.8. The van der Waals surface area contributed by atoms with E-state index in [1.165, 1.54) is 25.3 Å². The Labute approximate surface area is 157 Å². The number of nitrogens with zero attached hydrogens (tertiary/aromatic N) is 3. The van der Waals surface area contributed by atoms with Crippen LogP contribution in [0.15, 0.2) is 29.8 Å². The molecule has 1 heterocycles. The summed E-state index contributed by atoms with van der Waals surface area (Å²) in [6.07, 6.45) is 1.90. The van der Waals surface area contributed by atoms with E-state index in [9.17, 15) is 20.2 Å². The first-order chi connectivity index (χ1) is 12.9. The lowest BCUT2D eigenvalue weighted by molar-refractivity contribution is -0.878. The monoisotopic (exact) mass is 364 g/mol. The van der Waals surface area contributed by atoms with Crippen molar-refractivity contribution < 1.29 is 14.0 Å². The molecule has 1 aromatic carbocycles. The zero-order chi connectivity index (χ0) is 19.8. The summed E-state index contributed by atoms with van der Waals surface area (Å²) in [5, 5.41) is 38.0. The topological polar surface area (TPSA) is 109 Å². The van der Waals surface area contributed by atoms with Crippen molar-refractivity contribution in [3.05, 3.63) is 41.2 Å². The van der Waals surface area contributed by atoms with Crippen LogP contribution in [0.25, 0.3) is 0 Å². The molecule has 4 atom stereocenters. The Morgan fingerprint density at radius 2 is 2.00 bits per heavy atom. The van der Waals surface area contributed by atoms with Gasteiger partial charge in [0.1, 0.15) is 17.5 Å². The van der Waals surface area contributed by atoms with Crippen LogP contribution in [-0.4, -0.2) is 33.0 Å². The molecule has 0 spiro atoms. The number of hydrogen-bond donors (Lipinski definition) is 2. The Morgan fingerprint density at radius 3 is 2.59 bits per heavy atom. The fourth-order valence-corrected chi connectivity index (χ4v) is 4.29. The predicted molar refractivity (Wildman–Crippen MR) is 94.4 cm³/mol. The highest BCUT2D eigenvalue weighted by Crippen LogP contribution is 2.53. The third-order valence-corrected chi connectivity index (χ3v) is 5.62. The second kappa shape index (κ2) is 6.83. The Morgan fingerprint density at radius 1 is 1.30 bits per heavy atom. The van der Waals surface area contributed by atoms with E-state index in [2.05, 4.69) is 6.07 Å². The van der Waals surface area contributed by atoms with Crippen LogP contribution in [0.1, 0.15) is 11.5 Å². The molecule has 0 radical (unpaired) electrons.